The van der Waals surface area contributed by atoms with Gasteiger partial charge in [0.25, 0.3) is 0 Å². The minimum Gasteiger partial charge on any atom is -0.394 e. The Labute approximate surface area is 106 Å². The molecule has 1 aromatic rings. The highest BCUT2D eigenvalue weighted by molar-refractivity contribution is 7.89. The van der Waals surface area contributed by atoms with E-state index >= 15 is 0 Å². The second kappa shape index (κ2) is 4.95. The molecule has 0 atom stereocenters. The maximum Gasteiger partial charge on any atom is 0.244 e. The summed E-state index contributed by atoms with van der Waals surface area (Å²) < 4.78 is 40.2. The van der Waals surface area contributed by atoms with Crippen molar-refractivity contribution in [3.05, 3.63) is 30.1 Å². The number of benzene rings is 1. The Kier molecular flexibility index (Phi) is 3.70. The Hall–Kier alpha value is -0.980. The van der Waals surface area contributed by atoms with E-state index in [0.29, 0.717) is 12.8 Å². The van der Waals surface area contributed by atoms with E-state index in [0.717, 1.165) is 18.9 Å². The fraction of sp³-hybridized carbons (Fsp3) is 0.500. The van der Waals surface area contributed by atoms with Crippen LogP contribution in [0.2, 0.25) is 0 Å². The van der Waals surface area contributed by atoms with Gasteiger partial charge in [0.1, 0.15) is 10.7 Å². The van der Waals surface area contributed by atoms with Crippen LogP contribution in [-0.2, 0) is 10.0 Å². The normalized spacial score (nSPS) is 19.0. The molecule has 0 aliphatic heterocycles. The molecule has 0 saturated heterocycles. The van der Waals surface area contributed by atoms with Gasteiger partial charge >= 0.3 is 0 Å². The zero-order chi connectivity index (χ0) is 13.2. The maximum atomic E-state index is 13.5. The van der Waals surface area contributed by atoms with Gasteiger partial charge in [-0.15, -0.1) is 0 Å². The lowest BCUT2D eigenvalue weighted by Gasteiger charge is -2.27. The molecule has 4 nitrogen and oxygen atoms in total. The van der Waals surface area contributed by atoms with E-state index in [4.69, 9.17) is 0 Å². The zero-order valence-corrected chi connectivity index (χ0v) is 10.7. The smallest absolute Gasteiger partial charge is 0.244 e. The molecule has 1 aliphatic rings. The largest absolute Gasteiger partial charge is 0.394 e. The predicted molar refractivity (Wildman–Crippen MR) is 65.0 cm³/mol. The quantitative estimate of drug-likeness (QED) is 0.871. The van der Waals surface area contributed by atoms with Crippen LogP contribution in [0, 0.1) is 5.82 Å². The minimum absolute atomic E-state index is 0.263. The lowest BCUT2D eigenvalue weighted by Crippen LogP contribution is -2.49. The second-order valence-electron chi connectivity index (χ2n) is 4.68. The molecule has 1 aromatic carbocycles. The first-order chi connectivity index (χ1) is 8.49. The average Bonchev–Trinajstić information content (AvgIpc) is 2.78. The topological polar surface area (TPSA) is 66.4 Å². The SMILES string of the molecule is O=S(=O)(NC1(CO)CCCC1)c1ccccc1F. The molecular weight excluding hydrogens is 257 g/mol. The summed E-state index contributed by atoms with van der Waals surface area (Å²) in [6.07, 6.45) is 2.88. The lowest BCUT2D eigenvalue weighted by atomic mass is 10.0. The van der Waals surface area contributed by atoms with Crippen LogP contribution in [0.25, 0.3) is 0 Å². The van der Waals surface area contributed by atoms with Crippen LogP contribution in [0.1, 0.15) is 25.7 Å². The Morgan fingerprint density at radius 2 is 1.89 bits per heavy atom. The van der Waals surface area contributed by atoms with Crippen molar-refractivity contribution in [3.63, 3.8) is 0 Å². The molecule has 0 heterocycles. The van der Waals surface area contributed by atoms with E-state index < -0.39 is 21.4 Å². The van der Waals surface area contributed by atoms with Crippen molar-refractivity contribution in [2.24, 2.45) is 0 Å². The van der Waals surface area contributed by atoms with Crippen molar-refractivity contribution < 1.29 is 17.9 Å². The van der Waals surface area contributed by atoms with E-state index in [2.05, 4.69) is 4.72 Å². The minimum atomic E-state index is -3.93. The predicted octanol–water partition coefficient (Wildman–Crippen LogP) is 1.41. The fourth-order valence-electron chi connectivity index (χ4n) is 2.35. The van der Waals surface area contributed by atoms with Crippen LogP contribution in [0.4, 0.5) is 4.39 Å². The lowest BCUT2D eigenvalue weighted by molar-refractivity contribution is 0.185. The molecule has 100 valence electrons. The molecule has 0 aromatic heterocycles. The summed E-state index contributed by atoms with van der Waals surface area (Å²) >= 11 is 0. The van der Waals surface area contributed by atoms with Crippen LogP contribution < -0.4 is 4.72 Å². The average molecular weight is 273 g/mol. The Morgan fingerprint density at radius 1 is 1.28 bits per heavy atom. The van der Waals surface area contributed by atoms with Gasteiger partial charge in [-0.1, -0.05) is 25.0 Å². The number of halogens is 1. The molecule has 0 spiro atoms. The number of rotatable bonds is 4. The molecule has 6 heteroatoms. The number of nitrogens with one attached hydrogen (secondary N) is 1. The van der Waals surface area contributed by atoms with Gasteiger partial charge in [0.05, 0.1) is 12.1 Å². The first-order valence-electron chi connectivity index (χ1n) is 5.88. The number of sulfonamides is 1. The van der Waals surface area contributed by atoms with E-state index in [-0.39, 0.29) is 11.5 Å². The van der Waals surface area contributed by atoms with Gasteiger partial charge in [0, 0.05) is 0 Å². The van der Waals surface area contributed by atoms with Gasteiger partial charge < -0.3 is 5.11 Å². The van der Waals surface area contributed by atoms with Crippen LogP contribution >= 0.6 is 0 Å². The first kappa shape index (κ1) is 13.5. The second-order valence-corrected chi connectivity index (χ2v) is 6.33. The summed E-state index contributed by atoms with van der Waals surface area (Å²) in [5.74, 6) is -0.781. The number of aliphatic hydroxyl groups excluding tert-OH is 1. The van der Waals surface area contributed by atoms with E-state index in [1.54, 1.807) is 0 Å². The van der Waals surface area contributed by atoms with Gasteiger partial charge in [-0.25, -0.2) is 17.5 Å². The van der Waals surface area contributed by atoms with Crippen molar-refractivity contribution in [1.29, 1.82) is 0 Å². The maximum absolute atomic E-state index is 13.5. The van der Waals surface area contributed by atoms with Gasteiger partial charge in [0.15, 0.2) is 0 Å². The van der Waals surface area contributed by atoms with Gasteiger partial charge in [0.2, 0.25) is 10.0 Å². The van der Waals surface area contributed by atoms with Crippen molar-refractivity contribution in [2.45, 2.75) is 36.1 Å². The first-order valence-corrected chi connectivity index (χ1v) is 7.37. The number of aliphatic hydroxyl groups is 1. The summed E-state index contributed by atoms with van der Waals surface area (Å²) in [4.78, 5) is -0.371. The van der Waals surface area contributed by atoms with Crippen molar-refractivity contribution in [3.8, 4) is 0 Å². The number of hydrogen-bond donors (Lipinski definition) is 2. The molecule has 0 bridgehead atoms. The molecule has 2 N–H and O–H groups in total. The third-order valence-electron chi connectivity index (χ3n) is 3.34. The molecule has 0 radical (unpaired) electrons. The molecule has 0 amide bonds. The highest BCUT2D eigenvalue weighted by Crippen LogP contribution is 2.31. The molecule has 2 rings (SSSR count). The Bertz CT molecular complexity index is 524. The van der Waals surface area contributed by atoms with Crippen molar-refractivity contribution >= 4 is 10.0 Å². The van der Waals surface area contributed by atoms with Crippen molar-refractivity contribution in [1.82, 2.24) is 4.72 Å². The summed E-state index contributed by atoms with van der Waals surface area (Å²) in [5, 5.41) is 9.38. The Balaban J connectivity index is 2.30. The van der Waals surface area contributed by atoms with Gasteiger partial charge in [-0.2, -0.15) is 0 Å². The summed E-state index contributed by atoms with van der Waals surface area (Å²) in [7, 11) is -3.93. The third-order valence-corrected chi connectivity index (χ3v) is 4.95. The van der Waals surface area contributed by atoms with E-state index in [1.165, 1.54) is 18.2 Å². The fourth-order valence-corrected chi connectivity index (χ4v) is 3.88. The van der Waals surface area contributed by atoms with Crippen LogP contribution in [0.5, 0.6) is 0 Å². The molecule has 0 unspecified atom stereocenters. The molecule has 1 saturated carbocycles. The standard InChI is InChI=1S/C12H16FNO3S/c13-10-5-1-2-6-11(10)18(16,17)14-12(9-15)7-3-4-8-12/h1-2,5-6,14-15H,3-4,7-9H2. The molecular formula is C12H16FNO3S. The van der Waals surface area contributed by atoms with Crippen LogP contribution in [0.3, 0.4) is 0 Å². The van der Waals surface area contributed by atoms with Gasteiger partial charge in [-0.05, 0) is 25.0 Å². The number of hydrogen-bond acceptors (Lipinski definition) is 3. The third kappa shape index (κ3) is 2.55. The van der Waals surface area contributed by atoms with E-state index in [9.17, 15) is 17.9 Å². The highest BCUT2D eigenvalue weighted by Gasteiger charge is 2.38. The molecule has 1 aliphatic carbocycles. The monoisotopic (exact) mass is 273 g/mol. The summed E-state index contributed by atoms with van der Waals surface area (Å²) in [6.45, 7) is -0.263. The summed E-state index contributed by atoms with van der Waals surface area (Å²) in [5.41, 5.74) is -0.832. The highest BCUT2D eigenvalue weighted by atomic mass is 32.2. The Morgan fingerprint density at radius 3 is 2.44 bits per heavy atom. The van der Waals surface area contributed by atoms with E-state index in [1.807, 2.05) is 0 Å². The van der Waals surface area contributed by atoms with Gasteiger partial charge in [-0.3, -0.25) is 0 Å². The van der Waals surface area contributed by atoms with Crippen LogP contribution in [0.15, 0.2) is 29.2 Å². The molecule has 18 heavy (non-hydrogen) atoms. The van der Waals surface area contributed by atoms with Crippen LogP contribution in [-0.4, -0.2) is 25.7 Å². The summed E-state index contributed by atoms with van der Waals surface area (Å²) in [6, 6.07) is 5.23. The van der Waals surface area contributed by atoms with Crippen molar-refractivity contribution in [2.75, 3.05) is 6.61 Å². The zero-order valence-electron chi connectivity index (χ0n) is 9.89. The molecule has 1 fully saturated rings.